The van der Waals surface area contributed by atoms with Gasteiger partial charge in [-0.25, -0.2) is 0 Å². The molecule has 0 radical (unpaired) electrons. The first kappa shape index (κ1) is 23.7. The lowest BCUT2D eigenvalue weighted by Crippen LogP contribution is -2.46. The second kappa shape index (κ2) is 13.0. The average molecular weight is 486 g/mol. The Morgan fingerprint density at radius 2 is 1.85 bits per heavy atom. The first-order valence-corrected chi connectivity index (χ1v) is 9.95. The van der Waals surface area contributed by atoms with Gasteiger partial charge in [0, 0.05) is 32.1 Å². The Labute approximate surface area is 181 Å². The van der Waals surface area contributed by atoms with Crippen molar-refractivity contribution >= 4 is 35.8 Å². The largest absolute Gasteiger partial charge is 0.357 e. The molecule has 1 heterocycles. The molecule has 1 fully saturated rings. The smallest absolute Gasteiger partial charge is 0.222 e. The zero-order valence-corrected chi connectivity index (χ0v) is 19.2. The van der Waals surface area contributed by atoms with Gasteiger partial charge in [-0.3, -0.25) is 9.79 Å². The van der Waals surface area contributed by atoms with Gasteiger partial charge in [-0.2, -0.15) is 0 Å². The van der Waals surface area contributed by atoms with Gasteiger partial charge in [0.05, 0.1) is 6.54 Å². The van der Waals surface area contributed by atoms with E-state index < -0.39 is 0 Å². The molecule has 1 aliphatic heterocycles. The van der Waals surface area contributed by atoms with E-state index in [-0.39, 0.29) is 35.8 Å². The van der Waals surface area contributed by atoms with Gasteiger partial charge in [-0.1, -0.05) is 44.2 Å². The summed E-state index contributed by atoms with van der Waals surface area (Å²) in [7, 11) is 0. The highest BCUT2D eigenvalue weighted by Crippen LogP contribution is 2.21. The van der Waals surface area contributed by atoms with Gasteiger partial charge >= 0.3 is 0 Å². The van der Waals surface area contributed by atoms with Crippen molar-refractivity contribution in [2.24, 2.45) is 16.8 Å². The summed E-state index contributed by atoms with van der Waals surface area (Å²) in [5.74, 6) is 1.84. The molecule has 0 bridgehead atoms. The quantitative estimate of drug-likeness (QED) is 0.269. The van der Waals surface area contributed by atoms with Crippen LogP contribution >= 0.6 is 24.0 Å². The van der Waals surface area contributed by atoms with Crippen molar-refractivity contribution in [2.75, 3.05) is 32.7 Å². The van der Waals surface area contributed by atoms with Crippen LogP contribution in [0.3, 0.4) is 0 Å². The standard InChI is InChI=1S/C21H34N4O.HI/c1-4-22-21(24-13-12-23-20(26)17(2)3)25-14-10-19(11-15-25)16-18-8-6-5-7-9-18;/h5-9,17,19H,4,10-16H2,1-3H3,(H,22,24)(H,23,26);1H. The van der Waals surface area contributed by atoms with Gasteiger partial charge in [0.25, 0.3) is 0 Å². The van der Waals surface area contributed by atoms with Crippen LogP contribution in [0.4, 0.5) is 0 Å². The number of guanidine groups is 1. The van der Waals surface area contributed by atoms with Gasteiger partial charge in [-0.15, -0.1) is 24.0 Å². The normalized spacial score (nSPS) is 15.4. The molecular weight excluding hydrogens is 451 g/mol. The number of carbonyl (C=O) groups is 1. The fourth-order valence-corrected chi connectivity index (χ4v) is 3.27. The molecule has 27 heavy (non-hydrogen) atoms. The highest BCUT2D eigenvalue weighted by atomic mass is 127. The summed E-state index contributed by atoms with van der Waals surface area (Å²) in [4.78, 5) is 18.7. The van der Waals surface area contributed by atoms with Crippen LogP contribution in [0, 0.1) is 11.8 Å². The van der Waals surface area contributed by atoms with E-state index in [1.807, 2.05) is 13.8 Å². The van der Waals surface area contributed by atoms with Gasteiger partial charge in [0.15, 0.2) is 5.96 Å². The molecule has 1 aromatic carbocycles. The Bertz CT molecular complexity index is 569. The molecule has 0 saturated carbocycles. The maximum atomic E-state index is 11.6. The number of nitrogens with one attached hydrogen (secondary N) is 2. The second-order valence-electron chi connectivity index (χ2n) is 7.30. The molecule has 1 aliphatic rings. The Kier molecular flexibility index (Phi) is 11.4. The average Bonchev–Trinajstić information content (AvgIpc) is 2.65. The third-order valence-corrected chi connectivity index (χ3v) is 4.81. The maximum Gasteiger partial charge on any atom is 0.222 e. The van der Waals surface area contributed by atoms with Crippen LogP contribution in [0.15, 0.2) is 35.3 Å². The second-order valence-corrected chi connectivity index (χ2v) is 7.30. The van der Waals surface area contributed by atoms with Crippen molar-refractivity contribution in [1.29, 1.82) is 0 Å². The van der Waals surface area contributed by atoms with Crippen molar-refractivity contribution in [1.82, 2.24) is 15.5 Å². The summed E-state index contributed by atoms with van der Waals surface area (Å²) in [5, 5.41) is 6.32. The minimum Gasteiger partial charge on any atom is -0.357 e. The predicted molar refractivity (Wildman–Crippen MR) is 124 cm³/mol. The topological polar surface area (TPSA) is 56.7 Å². The fourth-order valence-electron chi connectivity index (χ4n) is 3.27. The van der Waals surface area contributed by atoms with Crippen LogP contribution in [0.2, 0.25) is 0 Å². The number of rotatable bonds is 7. The highest BCUT2D eigenvalue weighted by molar-refractivity contribution is 14.0. The van der Waals surface area contributed by atoms with Crippen LogP contribution in [0.1, 0.15) is 39.2 Å². The maximum absolute atomic E-state index is 11.6. The van der Waals surface area contributed by atoms with E-state index in [9.17, 15) is 4.79 Å². The van der Waals surface area contributed by atoms with Crippen LogP contribution in [0.5, 0.6) is 0 Å². The van der Waals surface area contributed by atoms with E-state index >= 15 is 0 Å². The minimum absolute atomic E-state index is 0. The predicted octanol–water partition coefficient (Wildman–Crippen LogP) is 3.30. The third kappa shape index (κ3) is 8.49. The Morgan fingerprint density at radius 3 is 2.44 bits per heavy atom. The van der Waals surface area contributed by atoms with Crippen LogP contribution in [-0.4, -0.2) is 49.5 Å². The zero-order valence-electron chi connectivity index (χ0n) is 16.9. The fraction of sp³-hybridized carbons (Fsp3) is 0.619. The van der Waals surface area contributed by atoms with E-state index in [2.05, 4.69) is 52.8 Å². The lowest BCUT2D eigenvalue weighted by molar-refractivity contribution is -0.123. The van der Waals surface area contributed by atoms with Crippen molar-refractivity contribution in [2.45, 2.75) is 40.0 Å². The van der Waals surface area contributed by atoms with Crippen molar-refractivity contribution in [3.8, 4) is 0 Å². The first-order valence-electron chi connectivity index (χ1n) is 9.95. The minimum atomic E-state index is 0. The summed E-state index contributed by atoms with van der Waals surface area (Å²) in [6, 6.07) is 10.8. The Balaban J connectivity index is 0.00000364. The summed E-state index contributed by atoms with van der Waals surface area (Å²) < 4.78 is 0. The van der Waals surface area contributed by atoms with E-state index in [0.29, 0.717) is 13.1 Å². The van der Waals surface area contributed by atoms with Crippen molar-refractivity contribution in [3.05, 3.63) is 35.9 Å². The molecule has 0 spiro atoms. The van der Waals surface area contributed by atoms with Gasteiger partial charge < -0.3 is 15.5 Å². The molecule has 0 aromatic heterocycles. The third-order valence-electron chi connectivity index (χ3n) is 4.81. The van der Waals surface area contributed by atoms with Gasteiger partial charge in [-0.05, 0) is 37.7 Å². The van der Waals surface area contributed by atoms with E-state index in [4.69, 9.17) is 4.99 Å². The Morgan fingerprint density at radius 1 is 1.19 bits per heavy atom. The number of hydrogen-bond acceptors (Lipinski definition) is 2. The number of halogens is 1. The van der Waals surface area contributed by atoms with Crippen LogP contribution in [-0.2, 0) is 11.2 Å². The molecular formula is C21H35IN4O. The molecule has 0 aliphatic carbocycles. The molecule has 6 heteroatoms. The van der Waals surface area contributed by atoms with Crippen LogP contribution < -0.4 is 10.6 Å². The molecule has 0 unspecified atom stereocenters. The summed E-state index contributed by atoms with van der Waals surface area (Å²) in [6.45, 7) is 10.1. The number of aliphatic imine (C=N–C) groups is 1. The lowest BCUT2D eigenvalue weighted by Gasteiger charge is -2.34. The number of benzene rings is 1. The summed E-state index contributed by atoms with van der Waals surface area (Å²) in [5.41, 5.74) is 1.44. The zero-order chi connectivity index (χ0) is 18.8. The van der Waals surface area contributed by atoms with Gasteiger partial charge in [0.1, 0.15) is 0 Å². The summed E-state index contributed by atoms with van der Waals surface area (Å²) >= 11 is 0. The van der Waals surface area contributed by atoms with Gasteiger partial charge in [0.2, 0.25) is 5.91 Å². The molecule has 1 aromatic rings. The number of nitrogens with zero attached hydrogens (tertiary/aromatic N) is 2. The molecule has 152 valence electrons. The number of piperidine rings is 1. The lowest BCUT2D eigenvalue weighted by atomic mass is 9.90. The number of amides is 1. The molecule has 2 N–H and O–H groups in total. The first-order chi connectivity index (χ1) is 12.6. The van der Waals surface area contributed by atoms with Crippen molar-refractivity contribution in [3.63, 3.8) is 0 Å². The van der Waals surface area contributed by atoms with E-state index in [1.165, 1.54) is 24.8 Å². The van der Waals surface area contributed by atoms with E-state index in [1.54, 1.807) is 0 Å². The number of hydrogen-bond donors (Lipinski definition) is 2. The summed E-state index contributed by atoms with van der Waals surface area (Å²) in [6.07, 6.45) is 3.57. The number of carbonyl (C=O) groups excluding carboxylic acids is 1. The molecule has 1 amide bonds. The van der Waals surface area contributed by atoms with Crippen LogP contribution in [0.25, 0.3) is 0 Å². The highest BCUT2D eigenvalue weighted by Gasteiger charge is 2.21. The molecule has 5 nitrogen and oxygen atoms in total. The monoisotopic (exact) mass is 486 g/mol. The molecule has 1 saturated heterocycles. The SMILES string of the molecule is CCNC(=NCCNC(=O)C(C)C)N1CCC(Cc2ccccc2)CC1.I. The number of likely N-dealkylation sites (tertiary alicyclic amines) is 1. The Hall–Kier alpha value is -1.31. The molecule has 2 rings (SSSR count). The van der Waals surface area contributed by atoms with E-state index in [0.717, 1.165) is 31.5 Å². The molecule has 0 atom stereocenters. The van der Waals surface area contributed by atoms with Crippen molar-refractivity contribution < 1.29 is 4.79 Å².